The molecule has 3 aromatic rings. The number of rotatable bonds is 4. The van der Waals surface area contributed by atoms with E-state index < -0.39 is 16.4 Å². The van der Waals surface area contributed by atoms with Gasteiger partial charge in [0, 0.05) is 6.07 Å². The van der Waals surface area contributed by atoms with Crippen LogP contribution >= 0.6 is 10.7 Å². The van der Waals surface area contributed by atoms with Crippen LogP contribution in [0.5, 0.6) is 5.75 Å². The van der Waals surface area contributed by atoms with Crippen LogP contribution in [0.4, 0.5) is 0 Å². The normalized spacial score (nSPS) is 12.1. The van der Waals surface area contributed by atoms with E-state index in [-0.39, 0.29) is 10.5 Å². The summed E-state index contributed by atoms with van der Waals surface area (Å²) in [6.45, 7) is 0. The van der Waals surface area contributed by atoms with Gasteiger partial charge >= 0.3 is 5.97 Å². The van der Waals surface area contributed by atoms with Gasteiger partial charge in [-0.25, -0.2) is 4.79 Å². The predicted octanol–water partition coefficient (Wildman–Crippen LogP) is 1.97. The van der Waals surface area contributed by atoms with Gasteiger partial charge in [0.05, 0.1) is 12.7 Å². The molecule has 0 spiro atoms. The number of ether oxygens (including phenoxy) is 1. The topological polar surface area (TPSA) is 89.3 Å². The highest BCUT2D eigenvalue weighted by atomic mass is 35.7. The van der Waals surface area contributed by atoms with Crippen LogP contribution in [0.15, 0.2) is 47.4 Å². The number of nitrogens with zero attached hydrogens (tertiary/aromatic N) is 3. The largest absolute Gasteiger partial charge is 0.594 e. The SMILES string of the molecule is COc1ccc(C(=O)On2nnc3ccccc32)cc1[S+]([O-])Cl. The number of aromatic nitrogens is 3. The summed E-state index contributed by atoms with van der Waals surface area (Å²) in [4.78, 5) is 18.6. The Labute approximate surface area is 138 Å². The van der Waals surface area contributed by atoms with Gasteiger partial charge in [-0.05, 0) is 29.5 Å². The van der Waals surface area contributed by atoms with E-state index in [1.165, 1.54) is 25.3 Å². The maximum Gasteiger partial charge on any atom is 0.365 e. The Morgan fingerprint density at radius 2 is 2.09 bits per heavy atom. The lowest BCUT2D eigenvalue weighted by molar-refractivity contribution is 0.0408. The first-order valence-electron chi connectivity index (χ1n) is 6.39. The van der Waals surface area contributed by atoms with Gasteiger partial charge in [-0.2, -0.15) is 0 Å². The minimum atomic E-state index is -1.82. The number of halogens is 1. The van der Waals surface area contributed by atoms with Gasteiger partial charge < -0.3 is 14.1 Å². The van der Waals surface area contributed by atoms with Crippen LogP contribution in [0.3, 0.4) is 0 Å². The zero-order valence-electron chi connectivity index (χ0n) is 11.8. The molecule has 1 atom stereocenters. The first kappa shape index (κ1) is 15.6. The molecule has 0 N–H and O–H groups in total. The minimum absolute atomic E-state index is 0.161. The molecule has 0 amide bonds. The Hall–Kier alpha value is -2.29. The van der Waals surface area contributed by atoms with Crippen LogP contribution in [-0.2, 0) is 10.4 Å². The van der Waals surface area contributed by atoms with E-state index in [4.69, 9.17) is 20.3 Å². The number of fused-ring (bicyclic) bond motifs is 1. The molecule has 0 saturated heterocycles. The third kappa shape index (κ3) is 3.09. The van der Waals surface area contributed by atoms with E-state index in [0.717, 1.165) is 4.85 Å². The lowest BCUT2D eigenvalue weighted by atomic mass is 10.2. The molecule has 0 aliphatic heterocycles. The van der Waals surface area contributed by atoms with Crippen molar-refractivity contribution in [3.8, 4) is 5.75 Å². The standard InChI is InChI=1S/C14H10ClN3O4S/c1-21-12-7-6-9(8-13(12)23(15)20)14(19)22-18-11-5-3-2-4-10(11)16-17-18/h2-8H,1H3. The Bertz CT molecular complexity index is 868. The van der Waals surface area contributed by atoms with Crippen molar-refractivity contribution in [1.82, 2.24) is 15.2 Å². The summed E-state index contributed by atoms with van der Waals surface area (Å²) in [7, 11) is 5.19. The number of carbonyl (C=O) groups excluding carboxylic acids is 1. The Kier molecular flexibility index (Phi) is 4.37. The van der Waals surface area contributed by atoms with E-state index in [9.17, 15) is 9.35 Å². The molecule has 0 bridgehead atoms. The predicted molar refractivity (Wildman–Crippen MR) is 83.7 cm³/mol. The molecule has 2 aromatic carbocycles. The van der Waals surface area contributed by atoms with Crippen LogP contribution in [-0.4, -0.2) is 32.8 Å². The van der Waals surface area contributed by atoms with Crippen molar-refractivity contribution < 1.29 is 18.9 Å². The monoisotopic (exact) mass is 351 g/mol. The number of carbonyl (C=O) groups is 1. The molecule has 9 heteroatoms. The molecule has 3 rings (SSSR count). The van der Waals surface area contributed by atoms with Gasteiger partial charge in [-0.1, -0.05) is 17.0 Å². The number of benzene rings is 2. The molecule has 0 aliphatic rings. The highest BCUT2D eigenvalue weighted by molar-refractivity contribution is 8.13. The summed E-state index contributed by atoms with van der Waals surface area (Å²) in [6, 6.07) is 11.4. The summed E-state index contributed by atoms with van der Waals surface area (Å²) >= 11 is 0. The Morgan fingerprint density at radius 3 is 2.83 bits per heavy atom. The summed E-state index contributed by atoms with van der Waals surface area (Å²) < 4.78 is 16.6. The Morgan fingerprint density at radius 1 is 1.30 bits per heavy atom. The fraction of sp³-hybridized carbons (Fsp3) is 0.0714. The molecular formula is C14H10ClN3O4S. The zero-order chi connectivity index (χ0) is 16.4. The van der Waals surface area contributed by atoms with Crippen LogP contribution in [0.25, 0.3) is 11.0 Å². The maximum atomic E-state index is 12.2. The van der Waals surface area contributed by atoms with Crippen LogP contribution in [0.1, 0.15) is 10.4 Å². The molecule has 7 nitrogen and oxygen atoms in total. The van der Waals surface area contributed by atoms with Crippen LogP contribution in [0, 0.1) is 0 Å². The molecule has 0 saturated carbocycles. The van der Waals surface area contributed by atoms with Gasteiger partial charge in [0.25, 0.3) is 0 Å². The van der Waals surface area contributed by atoms with E-state index in [0.29, 0.717) is 16.8 Å². The van der Waals surface area contributed by atoms with Gasteiger partial charge in [0.15, 0.2) is 16.4 Å². The van der Waals surface area contributed by atoms with Crippen molar-refractivity contribution in [3.63, 3.8) is 0 Å². The van der Waals surface area contributed by atoms with Crippen LogP contribution in [0.2, 0.25) is 0 Å². The Balaban J connectivity index is 1.90. The molecule has 118 valence electrons. The highest BCUT2D eigenvalue weighted by Gasteiger charge is 2.21. The van der Waals surface area contributed by atoms with E-state index in [1.807, 2.05) is 0 Å². The van der Waals surface area contributed by atoms with Crippen molar-refractivity contribution in [2.45, 2.75) is 4.90 Å². The molecule has 0 fully saturated rings. The molecule has 0 aliphatic carbocycles. The van der Waals surface area contributed by atoms with Gasteiger partial charge in [0.2, 0.25) is 4.90 Å². The average Bonchev–Trinajstić information content (AvgIpc) is 2.97. The van der Waals surface area contributed by atoms with E-state index in [2.05, 4.69) is 10.3 Å². The van der Waals surface area contributed by atoms with Crippen molar-refractivity contribution in [2.75, 3.05) is 7.11 Å². The number of para-hydroxylation sites is 1. The van der Waals surface area contributed by atoms with E-state index in [1.54, 1.807) is 24.3 Å². The summed E-state index contributed by atoms with van der Waals surface area (Å²) in [5, 5.41) is 7.65. The molecule has 1 aromatic heterocycles. The third-order valence-corrected chi connectivity index (χ3v) is 4.23. The number of hydrogen-bond acceptors (Lipinski definition) is 6. The molecule has 1 heterocycles. The number of hydrogen-bond donors (Lipinski definition) is 0. The summed E-state index contributed by atoms with van der Waals surface area (Å²) in [5.74, 6) is -0.368. The first-order valence-corrected chi connectivity index (χ1v) is 8.37. The lowest BCUT2D eigenvalue weighted by Gasteiger charge is -2.08. The lowest BCUT2D eigenvalue weighted by Crippen LogP contribution is -2.21. The van der Waals surface area contributed by atoms with Crippen molar-refractivity contribution in [1.29, 1.82) is 0 Å². The summed E-state index contributed by atoms with van der Waals surface area (Å²) in [6.07, 6.45) is 0. The molecule has 23 heavy (non-hydrogen) atoms. The quantitative estimate of drug-likeness (QED) is 0.527. The second-order valence-electron chi connectivity index (χ2n) is 4.42. The molecular weight excluding hydrogens is 342 g/mol. The van der Waals surface area contributed by atoms with Crippen molar-refractivity contribution in [2.24, 2.45) is 0 Å². The van der Waals surface area contributed by atoms with Gasteiger partial charge in [0.1, 0.15) is 21.4 Å². The minimum Gasteiger partial charge on any atom is -0.594 e. The average molecular weight is 352 g/mol. The third-order valence-electron chi connectivity index (χ3n) is 3.06. The smallest absolute Gasteiger partial charge is 0.365 e. The fourth-order valence-corrected chi connectivity index (χ4v) is 2.87. The van der Waals surface area contributed by atoms with E-state index >= 15 is 0 Å². The van der Waals surface area contributed by atoms with Gasteiger partial charge in [-0.15, -0.1) is 5.10 Å². The van der Waals surface area contributed by atoms with Gasteiger partial charge in [-0.3, -0.25) is 0 Å². The second kappa shape index (κ2) is 6.45. The first-order chi connectivity index (χ1) is 11.1. The van der Waals surface area contributed by atoms with Crippen LogP contribution < -0.4 is 9.57 Å². The highest BCUT2D eigenvalue weighted by Crippen LogP contribution is 2.27. The molecule has 1 unspecified atom stereocenters. The zero-order valence-corrected chi connectivity index (χ0v) is 13.4. The van der Waals surface area contributed by atoms with Crippen molar-refractivity contribution in [3.05, 3.63) is 48.0 Å². The van der Waals surface area contributed by atoms with Crippen molar-refractivity contribution >= 4 is 38.1 Å². The second-order valence-corrected chi connectivity index (χ2v) is 6.15. The maximum absolute atomic E-state index is 12.2. The fourth-order valence-electron chi connectivity index (χ4n) is 1.98. The number of methoxy groups -OCH3 is 1. The summed E-state index contributed by atoms with van der Waals surface area (Å²) in [5.41, 5.74) is 1.31. The molecule has 0 radical (unpaired) electrons.